The van der Waals surface area contributed by atoms with Gasteiger partial charge in [0.1, 0.15) is 0 Å². The molecule has 2 N–H and O–H groups in total. The second-order valence-corrected chi connectivity index (χ2v) is 3.83. The first-order chi connectivity index (χ1) is 6.85. The summed E-state index contributed by atoms with van der Waals surface area (Å²) in [5, 5.41) is 12.5. The molecule has 0 aromatic heterocycles. The van der Waals surface area contributed by atoms with E-state index in [1.165, 1.54) is 16.7 Å². The molecule has 2 rings (SSSR count). The van der Waals surface area contributed by atoms with Crippen LogP contribution in [-0.2, 0) is 26.0 Å². The normalized spacial score (nSPS) is 15.3. The summed E-state index contributed by atoms with van der Waals surface area (Å²) in [6.07, 6.45) is 2.15. The highest BCUT2D eigenvalue weighted by Crippen LogP contribution is 2.21. The van der Waals surface area contributed by atoms with Crippen molar-refractivity contribution in [2.24, 2.45) is 0 Å². The van der Waals surface area contributed by atoms with Crippen molar-refractivity contribution in [2.45, 2.75) is 32.9 Å². The molecular formula is C12H17NO. The van der Waals surface area contributed by atoms with E-state index in [9.17, 15) is 0 Å². The van der Waals surface area contributed by atoms with Crippen molar-refractivity contribution in [1.29, 1.82) is 0 Å². The Morgan fingerprint density at radius 2 is 2.29 bits per heavy atom. The highest BCUT2D eigenvalue weighted by molar-refractivity contribution is 5.40. The van der Waals surface area contributed by atoms with Crippen LogP contribution in [0, 0.1) is 0 Å². The summed E-state index contributed by atoms with van der Waals surface area (Å²) in [7, 11) is 0. The monoisotopic (exact) mass is 191 g/mol. The molecule has 76 valence electrons. The van der Waals surface area contributed by atoms with Crippen molar-refractivity contribution >= 4 is 0 Å². The lowest BCUT2D eigenvalue weighted by Gasteiger charge is -2.21. The summed E-state index contributed by atoms with van der Waals surface area (Å²) < 4.78 is 0. The number of fused-ring (bicyclic) bond motifs is 1. The Balaban J connectivity index is 2.47. The van der Waals surface area contributed by atoms with Crippen molar-refractivity contribution in [1.82, 2.24) is 5.32 Å². The summed E-state index contributed by atoms with van der Waals surface area (Å²) in [5.41, 5.74) is 5.32. The number of benzene rings is 1. The fourth-order valence-corrected chi connectivity index (χ4v) is 2.16. The zero-order valence-corrected chi connectivity index (χ0v) is 8.64. The van der Waals surface area contributed by atoms with E-state index in [-0.39, 0.29) is 6.61 Å². The van der Waals surface area contributed by atoms with Gasteiger partial charge in [0.2, 0.25) is 0 Å². The lowest BCUT2D eigenvalue weighted by atomic mass is 9.92. The van der Waals surface area contributed by atoms with E-state index in [0.29, 0.717) is 0 Å². The number of aryl methyl sites for hydroxylation is 1. The van der Waals surface area contributed by atoms with Crippen LogP contribution in [0.5, 0.6) is 0 Å². The second-order valence-electron chi connectivity index (χ2n) is 3.83. The lowest BCUT2D eigenvalue weighted by Crippen LogP contribution is -2.25. The van der Waals surface area contributed by atoms with Gasteiger partial charge in [-0.1, -0.05) is 19.1 Å². The van der Waals surface area contributed by atoms with Gasteiger partial charge in [-0.05, 0) is 41.6 Å². The maximum atomic E-state index is 9.14. The fourth-order valence-electron chi connectivity index (χ4n) is 2.16. The van der Waals surface area contributed by atoms with E-state index in [4.69, 9.17) is 5.11 Å². The Bertz CT molecular complexity index is 316. The van der Waals surface area contributed by atoms with Crippen molar-refractivity contribution in [2.75, 3.05) is 6.54 Å². The van der Waals surface area contributed by atoms with E-state index >= 15 is 0 Å². The van der Waals surface area contributed by atoms with Crippen LogP contribution in [0.15, 0.2) is 12.1 Å². The van der Waals surface area contributed by atoms with E-state index < -0.39 is 0 Å². The molecular weight excluding hydrogens is 174 g/mol. The average Bonchev–Trinajstić information content (AvgIpc) is 2.27. The Morgan fingerprint density at radius 3 is 3.00 bits per heavy atom. The fraction of sp³-hybridized carbons (Fsp3) is 0.500. The zero-order valence-electron chi connectivity index (χ0n) is 8.64. The summed E-state index contributed by atoms with van der Waals surface area (Å²) in [6, 6.07) is 4.28. The van der Waals surface area contributed by atoms with Crippen molar-refractivity contribution in [3.8, 4) is 0 Å². The molecule has 1 heterocycles. The molecule has 0 radical (unpaired) electrons. The SMILES string of the molecule is CCc1cc(CO)cc2c1CNCC2. The Kier molecular flexibility index (Phi) is 2.85. The number of hydrogen-bond donors (Lipinski definition) is 2. The molecule has 1 aliphatic heterocycles. The van der Waals surface area contributed by atoms with Crippen LogP contribution in [-0.4, -0.2) is 11.7 Å². The van der Waals surface area contributed by atoms with Crippen LogP contribution in [0.4, 0.5) is 0 Å². The molecule has 0 bridgehead atoms. The van der Waals surface area contributed by atoms with E-state index in [1.54, 1.807) is 0 Å². The lowest BCUT2D eigenvalue weighted by molar-refractivity contribution is 0.281. The van der Waals surface area contributed by atoms with Crippen LogP contribution >= 0.6 is 0 Å². The standard InChI is InChI=1S/C12H17NO/c1-2-10-5-9(8-14)6-11-3-4-13-7-12(10)11/h5-6,13-14H,2-4,7-8H2,1H3. The van der Waals surface area contributed by atoms with Gasteiger partial charge in [-0.15, -0.1) is 0 Å². The Labute approximate surface area is 85.0 Å². The maximum Gasteiger partial charge on any atom is 0.0682 e. The summed E-state index contributed by atoms with van der Waals surface area (Å²) in [6.45, 7) is 4.38. The van der Waals surface area contributed by atoms with Gasteiger partial charge >= 0.3 is 0 Å². The molecule has 0 fully saturated rings. The number of nitrogens with one attached hydrogen (secondary N) is 1. The van der Waals surface area contributed by atoms with Gasteiger partial charge in [0.15, 0.2) is 0 Å². The van der Waals surface area contributed by atoms with Gasteiger partial charge in [0.05, 0.1) is 6.61 Å². The molecule has 1 aromatic rings. The van der Waals surface area contributed by atoms with E-state index in [2.05, 4.69) is 24.4 Å². The highest BCUT2D eigenvalue weighted by Gasteiger charge is 2.12. The predicted molar refractivity (Wildman–Crippen MR) is 57.2 cm³/mol. The minimum Gasteiger partial charge on any atom is -0.392 e. The largest absolute Gasteiger partial charge is 0.392 e. The van der Waals surface area contributed by atoms with Gasteiger partial charge in [0.25, 0.3) is 0 Å². The summed E-state index contributed by atoms with van der Waals surface area (Å²) in [4.78, 5) is 0. The third-order valence-corrected chi connectivity index (χ3v) is 2.93. The first-order valence-electron chi connectivity index (χ1n) is 5.30. The molecule has 0 saturated heterocycles. The number of hydrogen-bond acceptors (Lipinski definition) is 2. The molecule has 2 nitrogen and oxygen atoms in total. The molecule has 0 saturated carbocycles. The number of aliphatic hydroxyl groups excluding tert-OH is 1. The first kappa shape index (κ1) is 9.69. The first-order valence-corrected chi connectivity index (χ1v) is 5.30. The second kappa shape index (κ2) is 4.11. The Hall–Kier alpha value is -0.860. The molecule has 0 spiro atoms. The molecule has 0 atom stereocenters. The van der Waals surface area contributed by atoms with Crippen LogP contribution in [0.2, 0.25) is 0 Å². The smallest absolute Gasteiger partial charge is 0.0682 e. The molecule has 1 aliphatic rings. The van der Waals surface area contributed by atoms with E-state index in [0.717, 1.165) is 31.5 Å². The third kappa shape index (κ3) is 1.68. The maximum absolute atomic E-state index is 9.14. The molecule has 0 aliphatic carbocycles. The molecule has 14 heavy (non-hydrogen) atoms. The van der Waals surface area contributed by atoms with Crippen LogP contribution in [0.1, 0.15) is 29.2 Å². The average molecular weight is 191 g/mol. The number of aliphatic hydroxyl groups is 1. The van der Waals surface area contributed by atoms with E-state index in [1.807, 2.05) is 0 Å². The van der Waals surface area contributed by atoms with Crippen LogP contribution in [0.25, 0.3) is 0 Å². The molecule has 0 amide bonds. The Morgan fingerprint density at radius 1 is 1.43 bits per heavy atom. The molecule has 0 unspecified atom stereocenters. The summed E-state index contributed by atoms with van der Waals surface area (Å²) in [5.74, 6) is 0. The van der Waals surface area contributed by atoms with Gasteiger partial charge in [-0.3, -0.25) is 0 Å². The van der Waals surface area contributed by atoms with Gasteiger partial charge in [-0.2, -0.15) is 0 Å². The number of rotatable bonds is 2. The quantitative estimate of drug-likeness (QED) is 0.740. The van der Waals surface area contributed by atoms with Crippen molar-refractivity contribution < 1.29 is 5.11 Å². The van der Waals surface area contributed by atoms with Crippen LogP contribution in [0.3, 0.4) is 0 Å². The van der Waals surface area contributed by atoms with Gasteiger partial charge < -0.3 is 10.4 Å². The van der Waals surface area contributed by atoms with Gasteiger partial charge in [-0.25, -0.2) is 0 Å². The van der Waals surface area contributed by atoms with Crippen molar-refractivity contribution in [3.63, 3.8) is 0 Å². The molecule has 1 aromatic carbocycles. The minimum atomic E-state index is 0.160. The predicted octanol–water partition coefficient (Wildman–Crippen LogP) is 1.39. The summed E-state index contributed by atoms with van der Waals surface area (Å²) >= 11 is 0. The van der Waals surface area contributed by atoms with Crippen molar-refractivity contribution in [3.05, 3.63) is 34.4 Å². The van der Waals surface area contributed by atoms with Gasteiger partial charge in [0, 0.05) is 6.54 Å². The third-order valence-electron chi connectivity index (χ3n) is 2.93. The zero-order chi connectivity index (χ0) is 9.97. The molecule has 2 heteroatoms. The minimum absolute atomic E-state index is 0.160. The highest BCUT2D eigenvalue weighted by atomic mass is 16.3. The van der Waals surface area contributed by atoms with Crippen LogP contribution < -0.4 is 5.32 Å². The topological polar surface area (TPSA) is 32.3 Å².